The summed E-state index contributed by atoms with van der Waals surface area (Å²) >= 11 is 14.5. The Bertz CT molecular complexity index is 557. The summed E-state index contributed by atoms with van der Waals surface area (Å²) in [4.78, 5) is 2.59. The summed E-state index contributed by atoms with van der Waals surface area (Å²) in [5, 5.41) is 4.92. The number of aryl methyl sites for hydroxylation is 2. The van der Waals surface area contributed by atoms with Gasteiger partial charge in [0.2, 0.25) is 0 Å². The molecule has 102 valence electrons. The minimum atomic E-state index is 0.0601. The molecule has 4 heteroatoms. The SMILES string of the molecule is CCNC(c1sc(C)cc1C)c1c(Cl)cccc1Cl. The number of hydrogen-bond acceptors (Lipinski definition) is 2. The molecule has 1 atom stereocenters. The summed E-state index contributed by atoms with van der Waals surface area (Å²) in [5.41, 5.74) is 2.25. The highest BCUT2D eigenvalue weighted by molar-refractivity contribution is 7.12. The molecule has 1 aromatic carbocycles. The van der Waals surface area contributed by atoms with E-state index in [0.29, 0.717) is 10.0 Å². The van der Waals surface area contributed by atoms with E-state index in [1.807, 2.05) is 18.2 Å². The molecule has 0 radical (unpaired) electrons. The van der Waals surface area contributed by atoms with Gasteiger partial charge in [-0.2, -0.15) is 0 Å². The fraction of sp³-hybridized carbons (Fsp3) is 0.333. The third-order valence-electron chi connectivity index (χ3n) is 3.04. The fourth-order valence-corrected chi connectivity index (χ4v) is 4.00. The molecule has 2 aromatic rings. The zero-order chi connectivity index (χ0) is 14.0. The number of nitrogens with one attached hydrogen (secondary N) is 1. The minimum absolute atomic E-state index is 0.0601. The maximum atomic E-state index is 6.35. The van der Waals surface area contributed by atoms with E-state index in [-0.39, 0.29) is 6.04 Å². The van der Waals surface area contributed by atoms with E-state index in [1.165, 1.54) is 15.3 Å². The van der Waals surface area contributed by atoms with Gasteiger partial charge in [-0.1, -0.05) is 36.2 Å². The van der Waals surface area contributed by atoms with E-state index < -0.39 is 0 Å². The lowest BCUT2D eigenvalue weighted by atomic mass is 10.0. The second-order valence-corrected chi connectivity index (χ2v) is 6.63. The predicted molar refractivity (Wildman–Crippen MR) is 85.8 cm³/mol. The number of benzene rings is 1. The van der Waals surface area contributed by atoms with E-state index in [4.69, 9.17) is 23.2 Å². The predicted octanol–water partition coefficient (Wildman–Crippen LogP) is 5.37. The van der Waals surface area contributed by atoms with Crippen molar-refractivity contribution < 1.29 is 0 Å². The van der Waals surface area contributed by atoms with Gasteiger partial charge in [0, 0.05) is 25.4 Å². The summed E-state index contributed by atoms with van der Waals surface area (Å²) in [6.45, 7) is 7.21. The fourth-order valence-electron chi connectivity index (χ4n) is 2.26. The topological polar surface area (TPSA) is 12.0 Å². The Morgan fingerprint density at radius 2 is 1.84 bits per heavy atom. The smallest absolute Gasteiger partial charge is 0.0703 e. The Hall–Kier alpha value is -0.540. The van der Waals surface area contributed by atoms with Crippen LogP contribution in [-0.2, 0) is 0 Å². The lowest BCUT2D eigenvalue weighted by Crippen LogP contribution is -2.22. The summed E-state index contributed by atoms with van der Waals surface area (Å²) in [6, 6.07) is 7.93. The molecule has 1 N–H and O–H groups in total. The van der Waals surface area contributed by atoms with Crippen molar-refractivity contribution >= 4 is 34.5 Å². The van der Waals surface area contributed by atoms with Gasteiger partial charge in [-0.3, -0.25) is 0 Å². The molecule has 1 aromatic heterocycles. The van der Waals surface area contributed by atoms with Gasteiger partial charge in [-0.05, 0) is 44.2 Å². The van der Waals surface area contributed by atoms with Crippen LogP contribution in [0.25, 0.3) is 0 Å². The van der Waals surface area contributed by atoms with Crippen LogP contribution < -0.4 is 5.32 Å². The molecule has 0 saturated heterocycles. The van der Waals surface area contributed by atoms with Crippen LogP contribution in [-0.4, -0.2) is 6.54 Å². The number of halogens is 2. The van der Waals surface area contributed by atoms with Crippen molar-refractivity contribution in [2.75, 3.05) is 6.54 Å². The maximum Gasteiger partial charge on any atom is 0.0703 e. The van der Waals surface area contributed by atoms with Crippen LogP contribution in [0.2, 0.25) is 10.0 Å². The van der Waals surface area contributed by atoms with Crippen molar-refractivity contribution in [2.45, 2.75) is 26.8 Å². The summed E-state index contributed by atoms with van der Waals surface area (Å²) in [6.07, 6.45) is 0. The quantitative estimate of drug-likeness (QED) is 0.800. The van der Waals surface area contributed by atoms with Gasteiger partial charge in [0.15, 0.2) is 0 Å². The molecule has 0 amide bonds. The summed E-state index contributed by atoms with van der Waals surface area (Å²) < 4.78 is 0. The van der Waals surface area contributed by atoms with E-state index in [2.05, 4.69) is 32.2 Å². The number of rotatable bonds is 4. The molecule has 0 spiro atoms. The monoisotopic (exact) mass is 313 g/mol. The highest BCUT2D eigenvalue weighted by Crippen LogP contribution is 2.38. The first-order valence-corrected chi connectivity index (χ1v) is 7.86. The van der Waals surface area contributed by atoms with Gasteiger partial charge < -0.3 is 5.32 Å². The molecule has 1 nitrogen and oxygen atoms in total. The Morgan fingerprint density at radius 1 is 1.21 bits per heavy atom. The van der Waals surface area contributed by atoms with E-state index >= 15 is 0 Å². The lowest BCUT2D eigenvalue weighted by molar-refractivity contribution is 0.637. The average Bonchev–Trinajstić information content (AvgIpc) is 2.67. The van der Waals surface area contributed by atoms with Crippen molar-refractivity contribution in [2.24, 2.45) is 0 Å². The largest absolute Gasteiger partial charge is 0.306 e. The zero-order valence-corrected chi connectivity index (χ0v) is 13.6. The molecule has 0 saturated carbocycles. The molecule has 2 rings (SSSR count). The Morgan fingerprint density at radius 3 is 2.32 bits per heavy atom. The first kappa shape index (κ1) is 14.9. The first-order valence-electron chi connectivity index (χ1n) is 6.28. The van der Waals surface area contributed by atoms with Gasteiger partial charge in [0.05, 0.1) is 6.04 Å². The van der Waals surface area contributed by atoms with E-state index in [1.54, 1.807) is 11.3 Å². The Kier molecular flexibility index (Phi) is 4.91. The minimum Gasteiger partial charge on any atom is -0.306 e. The Labute approximate surface area is 128 Å². The van der Waals surface area contributed by atoms with Gasteiger partial charge in [0.25, 0.3) is 0 Å². The van der Waals surface area contributed by atoms with Crippen LogP contribution in [0.5, 0.6) is 0 Å². The third-order valence-corrected chi connectivity index (χ3v) is 4.91. The highest BCUT2D eigenvalue weighted by atomic mass is 35.5. The van der Waals surface area contributed by atoms with Gasteiger partial charge in [-0.25, -0.2) is 0 Å². The van der Waals surface area contributed by atoms with Crippen molar-refractivity contribution in [3.63, 3.8) is 0 Å². The van der Waals surface area contributed by atoms with E-state index in [0.717, 1.165) is 12.1 Å². The average molecular weight is 314 g/mol. The third kappa shape index (κ3) is 3.14. The van der Waals surface area contributed by atoms with Crippen molar-refractivity contribution in [3.05, 3.63) is 55.2 Å². The number of hydrogen-bond donors (Lipinski definition) is 1. The first-order chi connectivity index (χ1) is 9.04. The highest BCUT2D eigenvalue weighted by Gasteiger charge is 2.22. The Balaban J connectivity index is 2.54. The number of thiophene rings is 1. The van der Waals surface area contributed by atoms with Crippen molar-refractivity contribution in [1.29, 1.82) is 0 Å². The molecule has 1 unspecified atom stereocenters. The van der Waals surface area contributed by atoms with Crippen LogP contribution in [0, 0.1) is 13.8 Å². The zero-order valence-electron chi connectivity index (χ0n) is 11.3. The van der Waals surface area contributed by atoms with Crippen LogP contribution in [0.4, 0.5) is 0 Å². The summed E-state index contributed by atoms with van der Waals surface area (Å²) in [5.74, 6) is 0. The molecule has 1 heterocycles. The van der Waals surface area contributed by atoms with Gasteiger partial charge >= 0.3 is 0 Å². The molecule has 0 aliphatic rings. The molecular weight excluding hydrogens is 297 g/mol. The molecular formula is C15H17Cl2NS. The van der Waals surface area contributed by atoms with Crippen LogP contribution >= 0.6 is 34.5 Å². The van der Waals surface area contributed by atoms with Gasteiger partial charge in [0.1, 0.15) is 0 Å². The van der Waals surface area contributed by atoms with Crippen molar-refractivity contribution in [1.82, 2.24) is 5.32 Å². The molecule has 0 aliphatic heterocycles. The normalized spacial score (nSPS) is 12.7. The second-order valence-electron chi connectivity index (χ2n) is 4.53. The summed E-state index contributed by atoms with van der Waals surface area (Å²) in [7, 11) is 0. The van der Waals surface area contributed by atoms with Crippen LogP contribution in [0.1, 0.15) is 33.8 Å². The molecule has 0 fully saturated rings. The molecule has 0 aliphatic carbocycles. The van der Waals surface area contributed by atoms with Crippen LogP contribution in [0.3, 0.4) is 0 Å². The molecule has 0 bridgehead atoms. The lowest BCUT2D eigenvalue weighted by Gasteiger charge is -2.20. The van der Waals surface area contributed by atoms with Crippen LogP contribution in [0.15, 0.2) is 24.3 Å². The molecule has 19 heavy (non-hydrogen) atoms. The van der Waals surface area contributed by atoms with Gasteiger partial charge in [-0.15, -0.1) is 11.3 Å². The second kappa shape index (κ2) is 6.27. The van der Waals surface area contributed by atoms with Crippen molar-refractivity contribution in [3.8, 4) is 0 Å². The van der Waals surface area contributed by atoms with E-state index in [9.17, 15) is 0 Å². The standard InChI is InChI=1S/C15H17Cl2NS/c1-4-18-14(15-9(2)8-10(3)19-15)13-11(16)6-5-7-12(13)17/h5-8,14,18H,4H2,1-3H3. The maximum absolute atomic E-state index is 6.35.